The number of nitrogens with zero attached hydrogens (tertiary/aromatic N) is 2. The molecule has 0 bridgehead atoms. The van der Waals surface area contributed by atoms with Gasteiger partial charge in [0.1, 0.15) is 0 Å². The first kappa shape index (κ1) is 15.3. The van der Waals surface area contributed by atoms with Crippen LogP contribution in [0.3, 0.4) is 0 Å². The summed E-state index contributed by atoms with van der Waals surface area (Å²) in [6, 6.07) is 8.67. The van der Waals surface area contributed by atoms with Gasteiger partial charge < -0.3 is 5.11 Å². The zero-order valence-electron chi connectivity index (χ0n) is 11.9. The van der Waals surface area contributed by atoms with Gasteiger partial charge in [0.2, 0.25) is 0 Å². The molecule has 0 saturated carbocycles. The lowest BCUT2D eigenvalue weighted by Gasteiger charge is -2.15. The Kier molecular flexibility index (Phi) is 3.66. The van der Waals surface area contributed by atoms with Crippen molar-refractivity contribution in [3.63, 3.8) is 0 Å². The standard InChI is InChI=1S/C17H11F3N2O/c18-17(19,20)13-4-12-7-22-8-16(12)15(5-13)14-3-10(6-21)1-2-11(14)9-23/h1-5,8,23H,7,9H2. The molecule has 0 spiro atoms. The van der Waals surface area contributed by atoms with E-state index in [0.29, 0.717) is 33.4 Å². The van der Waals surface area contributed by atoms with Crippen LogP contribution in [0.1, 0.15) is 27.8 Å². The van der Waals surface area contributed by atoms with Crippen molar-refractivity contribution in [2.24, 2.45) is 4.99 Å². The summed E-state index contributed by atoms with van der Waals surface area (Å²) in [5.41, 5.74) is 1.86. The molecule has 1 aliphatic heterocycles. The van der Waals surface area contributed by atoms with E-state index >= 15 is 0 Å². The van der Waals surface area contributed by atoms with Gasteiger partial charge >= 0.3 is 6.18 Å². The summed E-state index contributed by atoms with van der Waals surface area (Å²) in [4.78, 5) is 4.04. The number of hydrogen-bond acceptors (Lipinski definition) is 3. The van der Waals surface area contributed by atoms with Gasteiger partial charge in [0, 0.05) is 11.8 Å². The minimum absolute atomic E-state index is 0.193. The van der Waals surface area contributed by atoms with Gasteiger partial charge in [-0.05, 0) is 46.5 Å². The summed E-state index contributed by atoms with van der Waals surface area (Å²) in [6.07, 6.45) is -2.94. The molecule has 0 amide bonds. The highest BCUT2D eigenvalue weighted by Crippen LogP contribution is 2.38. The first-order valence-electron chi connectivity index (χ1n) is 6.82. The zero-order chi connectivity index (χ0) is 16.6. The number of halogens is 3. The SMILES string of the molecule is N#Cc1ccc(CO)c(-c2cc(C(F)(F)F)cc3c2C=NC3)c1. The van der Waals surface area contributed by atoms with E-state index in [1.54, 1.807) is 6.07 Å². The molecule has 2 aromatic rings. The van der Waals surface area contributed by atoms with Crippen LogP contribution in [-0.4, -0.2) is 11.3 Å². The van der Waals surface area contributed by atoms with Crippen molar-refractivity contribution in [1.82, 2.24) is 0 Å². The molecule has 6 heteroatoms. The number of benzene rings is 2. The fourth-order valence-corrected chi connectivity index (χ4v) is 2.65. The van der Waals surface area contributed by atoms with Crippen LogP contribution in [0.25, 0.3) is 11.1 Å². The molecule has 116 valence electrons. The second-order valence-electron chi connectivity index (χ2n) is 5.21. The Balaban J connectivity index is 2.30. The highest BCUT2D eigenvalue weighted by molar-refractivity contribution is 5.95. The van der Waals surface area contributed by atoms with Gasteiger partial charge in [0.15, 0.2) is 0 Å². The Morgan fingerprint density at radius 3 is 2.61 bits per heavy atom. The van der Waals surface area contributed by atoms with Crippen molar-refractivity contribution in [3.8, 4) is 17.2 Å². The summed E-state index contributed by atoms with van der Waals surface area (Å²) in [5, 5.41) is 18.5. The molecule has 0 aromatic heterocycles. The predicted octanol–water partition coefficient (Wildman–Crippen LogP) is 3.67. The van der Waals surface area contributed by atoms with Crippen LogP contribution in [0.4, 0.5) is 13.2 Å². The molecule has 0 aliphatic carbocycles. The van der Waals surface area contributed by atoms with E-state index in [2.05, 4.69) is 4.99 Å². The van der Waals surface area contributed by atoms with Gasteiger partial charge in [0.25, 0.3) is 0 Å². The summed E-state index contributed by atoms with van der Waals surface area (Å²) in [7, 11) is 0. The lowest BCUT2D eigenvalue weighted by atomic mass is 9.90. The van der Waals surface area contributed by atoms with Gasteiger partial charge in [-0.15, -0.1) is 0 Å². The van der Waals surface area contributed by atoms with Gasteiger partial charge in [-0.3, -0.25) is 4.99 Å². The molecule has 0 saturated heterocycles. The Bertz CT molecular complexity index is 848. The van der Waals surface area contributed by atoms with Crippen molar-refractivity contribution in [2.45, 2.75) is 19.3 Å². The smallest absolute Gasteiger partial charge is 0.392 e. The third-order valence-corrected chi connectivity index (χ3v) is 3.77. The molecule has 2 aromatic carbocycles. The second kappa shape index (κ2) is 5.52. The maximum Gasteiger partial charge on any atom is 0.416 e. The fourth-order valence-electron chi connectivity index (χ4n) is 2.65. The molecule has 23 heavy (non-hydrogen) atoms. The molecule has 1 heterocycles. The molecule has 0 radical (unpaired) electrons. The van der Waals surface area contributed by atoms with Gasteiger partial charge in [-0.25, -0.2) is 0 Å². The number of rotatable bonds is 2. The summed E-state index contributed by atoms with van der Waals surface area (Å²) in [5.74, 6) is 0. The van der Waals surface area contributed by atoms with Crippen molar-refractivity contribution in [3.05, 3.63) is 58.1 Å². The summed E-state index contributed by atoms with van der Waals surface area (Å²) >= 11 is 0. The van der Waals surface area contributed by atoms with Crippen molar-refractivity contribution >= 4 is 6.21 Å². The summed E-state index contributed by atoms with van der Waals surface area (Å²) < 4.78 is 39.4. The normalized spacial score (nSPS) is 13.0. The Morgan fingerprint density at radius 1 is 1.17 bits per heavy atom. The number of aliphatic imine (C=N–C) groups is 1. The van der Waals surface area contributed by atoms with Crippen LogP contribution >= 0.6 is 0 Å². The van der Waals surface area contributed by atoms with Gasteiger partial charge in [-0.1, -0.05) is 6.07 Å². The Labute approximate surface area is 130 Å². The number of hydrogen-bond donors (Lipinski definition) is 1. The molecule has 0 fully saturated rings. The average Bonchev–Trinajstić information content (AvgIpc) is 3.01. The maximum absolute atomic E-state index is 13.1. The lowest BCUT2D eigenvalue weighted by Crippen LogP contribution is -2.07. The zero-order valence-corrected chi connectivity index (χ0v) is 11.9. The molecule has 0 unspecified atom stereocenters. The highest BCUT2D eigenvalue weighted by Gasteiger charge is 2.33. The Morgan fingerprint density at radius 2 is 1.96 bits per heavy atom. The maximum atomic E-state index is 13.1. The predicted molar refractivity (Wildman–Crippen MR) is 78.8 cm³/mol. The third-order valence-electron chi connectivity index (χ3n) is 3.77. The minimum atomic E-state index is -4.47. The van der Waals surface area contributed by atoms with Crippen LogP contribution < -0.4 is 0 Å². The van der Waals surface area contributed by atoms with E-state index in [1.165, 1.54) is 18.3 Å². The summed E-state index contributed by atoms with van der Waals surface area (Å²) in [6.45, 7) is -0.137. The van der Waals surface area contributed by atoms with E-state index < -0.39 is 11.7 Å². The molecule has 3 nitrogen and oxygen atoms in total. The molecular weight excluding hydrogens is 305 g/mol. The first-order valence-corrected chi connectivity index (χ1v) is 6.82. The monoisotopic (exact) mass is 316 g/mol. The van der Waals surface area contributed by atoms with E-state index in [9.17, 15) is 18.3 Å². The topological polar surface area (TPSA) is 56.4 Å². The van der Waals surface area contributed by atoms with Crippen LogP contribution in [0.5, 0.6) is 0 Å². The fraction of sp³-hybridized carbons (Fsp3) is 0.176. The highest BCUT2D eigenvalue weighted by atomic mass is 19.4. The van der Waals surface area contributed by atoms with E-state index in [1.807, 2.05) is 6.07 Å². The van der Waals surface area contributed by atoms with Crippen LogP contribution in [0, 0.1) is 11.3 Å². The average molecular weight is 316 g/mol. The van der Waals surface area contributed by atoms with E-state index in [-0.39, 0.29) is 13.2 Å². The van der Waals surface area contributed by atoms with Crippen LogP contribution in [0.15, 0.2) is 35.3 Å². The van der Waals surface area contributed by atoms with E-state index in [0.717, 1.165) is 12.1 Å². The van der Waals surface area contributed by atoms with Gasteiger partial charge in [0.05, 0.1) is 30.3 Å². The number of fused-ring (bicyclic) bond motifs is 1. The lowest BCUT2D eigenvalue weighted by molar-refractivity contribution is -0.137. The van der Waals surface area contributed by atoms with E-state index in [4.69, 9.17) is 5.26 Å². The number of aliphatic hydroxyl groups is 1. The van der Waals surface area contributed by atoms with Crippen molar-refractivity contribution < 1.29 is 18.3 Å². The number of nitriles is 1. The molecule has 3 rings (SSSR count). The number of aliphatic hydroxyl groups excluding tert-OH is 1. The molecule has 0 atom stereocenters. The van der Waals surface area contributed by atoms with Crippen molar-refractivity contribution in [1.29, 1.82) is 5.26 Å². The number of alkyl halides is 3. The molecule has 1 aliphatic rings. The first-order chi connectivity index (χ1) is 10.9. The van der Waals surface area contributed by atoms with Crippen LogP contribution in [-0.2, 0) is 19.3 Å². The van der Waals surface area contributed by atoms with Crippen LogP contribution in [0.2, 0.25) is 0 Å². The van der Waals surface area contributed by atoms with Gasteiger partial charge in [-0.2, -0.15) is 18.4 Å². The quantitative estimate of drug-likeness (QED) is 0.919. The Hall–Kier alpha value is -2.65. The minimum Gasteiger partial charge on any atom is -0.392 e. The largest absolute Gasteiger partial charge is 0.416 e. The van der Waals surface area contributed by atoms with Crippen molar-refractivity contribution in [2.75, 3.05) is 0 Å². The second-order valence-corrected chi connectivity index (χ2v) is 5.21. The third kappa shape index (κ3) is 2.71. The molecule has 1 N–H and O–H groups in total. The molecular formula is C17H11F3N2O.